The lowest BCUT2D eigenvalue weighted by Crippen LogP contribution is -2.35. The number of aromatic amines is 1. The molecule has 3 aromatic carbocycles. The molecule has 4 rings (SSSR count). The van der Waals surface area contributed by atoms with Crippen molar-refractivity contribution >= 4 is 27.7 Å². The van der Waals surface area contributed by atoms with E-state index in [1.165, 1.54) is 0 Å². The molecule has 0 radical (unpaired) electrons. The monoisotopic (exact) mass is 418 g/mol. The number of para-hydroxylation sites is 3. The summed E-state index contributed by atoms with van der Waals surface area (Å²) >= 11 is 0. The van der Waals surface area contributed by atoms with Gasteiger partial charge in [-0.15, -0.1) is 0 Å². The number of aromatic nitrogens is 1. The van der Waals surface area contributed by atoms with E-state index in [0.29, 0.717) is 18.6 Å². The van der Waals surface area contributed by atoms with Crippen LogP contribution in [0.5, 0.6) is 11.5 Å². The highest BCUT2D eigenvalue weighted by Gasteiger charge is 2.12. The van der Waals surface area contributed by atoms with Gasteiger partial charge >= 0.3 is 0 Å². The van der Waals surface area contributed by atoms with E-state index in [9.17, 15) is 9.90 Å². The first-order valence-electron chi connectivity index (χ1n) is 10.3. The van der Waals surface area contributed by atoms with Crippen LogP contribution in [-0.2, 0) is 11.2 Å². The lowest BCUT2D eigenvalue weighted by atomic mass is 10.1. The molecule has 0 saturated heterocycles. The summed E-state index contributed by atoms with van der Waals surface area (Å²) in [5, 5.41) is 15.2. The summed E-state index contributed by atoms with van der Waals surface area (Å²) in [7, 11) is 1.62. The number of amides is 1. The van der Waals surface area contributed by atoms with Gasteiger partial charge in [0.15, 0.2) is 0 Å². The number of ether oxygens (including phenoxy) is 2. The molecular weight excluding hydrogens is 392 g/mol. The minimum Gasteiger partial charge on any atom is -0.496 e. The van der Waals surface area contributed by atoms with Crippen molar-refractivity contribution in [2.75, 3.05) is 20.3 Å². The van der Waals surface area contributed by atoms with Gasteiger partial charge in [0, 0.05) is 29.3 Å². The third-order valence-corrected chi connectivity index (χ3v) is 5.28. The molecule has 4 aromatic rings. The number of fused-ring (bicyclic) bond motifs is 3. The molecule has 6 nitrogen and oxygen atoms in total. The number of benzene rings is 3. The van der Waals surface area contributed by atoms with E-state index in [1.807, 2.05) is 60.7 Å². The zero-order valence-corrected chi connectivity index (χ0v) is 17.4. The van der Waals surface area contributed by atoms with Crippen molar-refractivity contribution in [3.63, 3.8) is 0 Å². The van der Waals surface area contributed by atoms with Crippen LogP contribution in [0.4, 0.5) is 0 Å². The molecule has 0 bridgehead atoms. The van der Waals surface area contributed by atoms with E-state index >= 15 is 0 Å². The smallest absolute Gasteiger partial charge is 0.220 e. The summed E-state index contributed by atoms with van der Waals surface area (Å²) in [5.41, 5.74) is 2.92. The van der Waals surface area contributed by atoms with Crippen LogP contribution in [-0.4, -0.2) is 42.4 Å². The Morgan fingerprint density at radius 3 is 2.61 bits per heavy atom. The molecule has 0 aliphatic rings. The predicted molar refractivity (Wildman–Crippen MR) is 122 cm³/mol. The maximum absolute atomic E-state index is 12.2. The number of rotatable bonds is 9. The molecule has 1 aromatic heterocycles. The second-order valence-electron chi connectivity index (χ2n) is 7.43. The molecule has 1 unspecified atom stereocenters. The average molecular weight is 418 g/mol. The van der Waals surface area contributed by atoms with Crippen LogP contribution in [0.25, 0.3) is 21.8 Å². The van der Waals surface area contributed by atoms with E-state index in [1.54, 1.807) is 7.11 Å². The number of aryl methyl sites for hydroxylation is 1. The standard InChI is InChI=1S/C25H26N2O4/c1-30-22-11-5-2-7-17(22)13-14-24(29)26-15-18(28)16-31-23-12-6-9-20-19-8-3-4-10-21(19)27-25(20)23/h2-12,18,27-28H,13-16H2,1H3,(H,26,29). The maximum Gasteiger partial charge on any atom is 0.220 e. The molecule has 0 saturated carbocycles. The Balaban J connectivity index is 1.28. The fourth-order valence-corrected chi connectivity index (χ4v) is 3.69. The van der Waals surface area contributed by atoms with Gasteiger partial charge in [-0.05, 0) is 30.2 Å². The van der Waals surface area contributed by atoms with Crippen LogP contribution in [0.2, 0.25) is 0 Å². The van der Waals surface area contributed by atoms with Gasteiger partial charge in [0.25, 0.3) is 0 Å². The fourth-order valence-electron chi connectivity index (χ4n) is 3.69. The Morgan fingerprint density at radius 1 is 1.00 bits per heavy atom. The number of aliphatic hydroxyl groups excluding tert-OH is 1. The largest absolute Gasteiger partial charge is 0.496 e. The third kappa shape index (κ3) is 4.81. The Kier molecular flexibility index (Phi) is 6.38. The van der Waals surface area contributed by atoms with E-state index in [-0.39, 0.29) is 19.1 Å². The fraction of sp³-hybridized carbons (Fsp3) is 0.240. The van der Waals surface area contributed by atoms with Crippen LogP contribution in [0.15, 0.2) is 66.7 Å². The van der Waals surface area contributed by atoms with Crippen molar-refractivity contribution in [1.82, 2.24) is 10.3 Å². The van der Waals surface area contributed by atoms with Crippen molar-refractivity contribution < 1.29 is 19.4 Å². The van der Waals surface area contributed by atoms with Gasteiger partial charge in [0.05, 0.1) is 12.6 Å². The molecule has 1 heterocycles. The second-order valence-corrected chi connectivity index (χ2v) is 7.43. The molecule has 0 aliphatic carbocycles. The first-order chi connectivity index (χ1) is 15.2. The Morgan fingerprint density at radius 2 is 1.74 bits per heavy atom. The average Bonchev–Trinajstić information content (AvgIpc) is 3.19. The summed E-state index contributed by atoms with van der Waals surface area (Å²) in [6.45, 7) is 0.217. The SMILES string of the molecule is COc1ccccc1CCC(=O)NCC(O)COc1cccc2c1[nH]c1ccccc12. The third-order valence-electron chi connectivity index (χ3n) is 5.28. The molecule has 31 heavy (non-hydrogen) atoms. The number of carbonyl (C=O) groups is 1. The molecule has 3 N–H and O–H groups in total. The number of hydrogen-bond donors (Lipinski definition) is 3. The van der Waals surface area contributed by atoms with Crippen LogP contribution in [0, 0.1) is 0 Å². The highest BCUT2D eigenvalue weighted by Crippen LogP contribution is 2.31. The maximum atomic E-state index is 12.2. The first kappa shape index (κ1) is 20.8. The normalized spacial score (nSPS) is 12.1. The molecule has 1 amide bonds. The van der Waals surface area contributed by atoms with Gasteiger partial charge in [-0.1, -0.05) is 48.5 Å². The van der Waals surface area contributed by atoms with Gasteiger partial charge in [0.1, 0.15) is 24.2 Å². The zero-order valence-electron chi connectivity index (χ0n) is 17.4. The van der Waals surface area contributed by atoms with Crippen molar-refractivity contribution in [2.24, 2.45) is 0 Å². The Hall–Kier alpha value is -3.51. The topological polar surface area (TPSA) is 83.6 Å². The summed E-state index contributed by atoms with van der Waals surface area (Å²) in [5.74, 6) is 1.33. The van der Waals surface area contributed by atoms with Crippen molar-refractivity contribution in [3.8, 4) is 11.5 Å². The minimum absolute atomic E-state index is 0.0846. The first-order valence-corrected chi connectivity index (χ1v) is 10.3. The van der Waals surface area contributed by atoms with Gasteiger partial charge in [-0.3, -0.25) is 4.79 Å². The lowest BCUT2D eigenvalue weighted by molar-refractivity contribution is -0.121. The van der Waals surface area contributed by atoms with Gasteiger partial charge in [0.2, 0.25) is 5.91 Å². The second kappa shape index (κ2) is 9.53. The summed E-state index contributed by atoms with van der Waals surface area (Å²) < 4.78 is 11.2. The number of hydrogen-bond acceptors (Lipinski definition) is 4. The quantitative estimate of drug-likeness (QED) is 0.386. The molecule has 1 atom stereocenters. The number of nitrogens with one attached hydrogen (secondary N) is 2. The van der Waals surface area contributed by atoms with Crippen LogP contribution >= 0.6 is 0 Å². The van der Waals surface area contributed by atoms with Crippen LogP contribution in [0.3, 0.4) is 0 Å². The zero-order chi connectivity index (χ0) is 21.6. The minimum atomic E-state index is -0.810. The van der Waals surface area contributed by atoms with E-state index in [4.69, 9.17) is 9.47 Å². The van der Waals surface area contributed by atoms with Gasteiger partial charge in [-0.25, -0.2) is 0 Å². The van der Waals surface area contributed by atoms with E-state index in [2.05, 4.69) is 16.4 Å². The lowest BCUT2D eigenvalue weighted by Gasteiger charge is -2.14. The van der Waals surface area contributed by atoms with Crippen LogP contribution in [0.1, 0.15) is 12.0 Å². The molecule has 0 aliphatic heterocycles. The van der Waals surface area contributed by atoms with E-state index < -0.39 is 6.10 Å². The molecule has 0 fully saturated rings. The summed E-state index contributed by atoms with van der Waals surface area (Å²) in [4.78, 5) is 15.5. The Bertz CT molecular complexity index is 1180. The summed E-state index contributed by atoms with van der Waals surface area (Å²) in [6.07, 6.45) is 0.0856. The number of aliphatic hydroxyl groups is 1. The Labute approximate surface area is 180 Å². The molecule has 6 heteroatoms. The van der Waals surface area contributed by atoms with Crippen LogP contribution < -0.4 is 14.8 Å². The van der Waals surface area contributed by atoms with Gasteiger partial charge < -0.3 is 24.9 Å². The number of methoxy groups -OCH3 is 1. The predicted octanol–water partition coefficient (Wildman–Crippen LogP) is 3.82. The van der Waals surface area contributed by atoms with Crippen molar-refractivity contribution in [3.05, 3.63) is 72.3 Å². The highest BCUT2D eigenvalue weighted by atomic mass is 16.5. The molecule has 0 spiro atoms. The highest BCUT2D eigenvalue weighted by molar-refractivity contribution is 6.09. The van der Waals surface area contributed by atoms with E-state index in [0.717, 1.165) is 33.1 Å². The number of H-pyrrole nitrogens is 1. The van der Waals surface area contributed by atoms with Gasteiger partial charge in [-0.2, -0.15) is 0 Å². The molecule has 160 valence electrons. The summed E-state index contributed by atoms with van der Waals surface area (Å²) in [6, 6.07) is 21.6. The van der Waals surface area contributed by atoms with Crippen molar-refractivity contribution in [2.45, 2.75) is 18.9 Å². The molecular formula is C25H26N2O4. The number of carbonyl (C=O) groups excluding carboxylic acids is 1. The van der Waals surface area contributed by atoms with Crippen molar-refractivity contribution in [1.29, 1.82) is 0 Å².